The summed E-state index contributed by atoms with van der Waals surface area (Å²) < 4.78 is 5.04. The van der Waals surface area contributed by atoms with E-state index in [4.69, 9.17) is 4.74 Å². The maximum Gasteiger partial charge on any atom is 0.292 e. The Morgan fingerprint density at radius 2 is 2.05 bits per heavy atom. The topological polar surface area (TPSA) is 93.5 Å². The Kier molecular flexibility index (Phi) is 5.52. The van der Waals surface area contributed by atoms with Gasteiger partial charge in [-0.3, -0.25) is 14.9 Å². The lowest BCUT2D eigenvalue weighted by Crippen LogP contribution is -2.41. The van der Waals surface area contributed by atoms with Crippen LogP contribution in [0.4, 0.5) is 11.4 Å². The van der Waals surface area contributed by atoms with Gasteiger partial charge in [0.15, 0.2) is 0 Å². The van der Waals surface area contributed by atoms with Crippen LogP contribution in [-0.2, 0) is 4.79 Å². The first-order chi connectivity index (χ1) is 9.73. The number of carbonyl (C=O) groups is 1. The lowest BCUT2D eigenvalue weighted by Gasteiger charge is -2.20. The Bertz CT molecular complexity index is 523. The molecule has 0 spiro atoms. The van der Waals surface area contributed by atoms with Crippen LogP contribution in [0.1, 0.15) is 27.2 Å². The van der Waals surface area contributed by atoms with E-state index in [-0.39, 0.29) is 23.6 Å². The molecule has 0 bridgehead atoms. The highest BCUT2D eigenvalue weighted by Gasteiger charge is 2.16. The van der Waals surface area contributed by atoms with E-state index in [9.17, 15) is 14.9 Å². The lowest BCUT2D eigenvalue weighted by molar-refractivity contribution is -0.384. The molecular weight excluding hydrogens is 274 g/mol. The number of methoxy groups -OCH3 is 1. The summed E-state index contributed by atoms with van der Waals surface area (Å²) in [5.74, 6) is 0.405. The average molecular weight is 295 g/mol. The molecule has 0 radical (unpaired) electrons. The summed E-state index contributed by atoms with van der Waals surface area (Å²) in [6.45, 7) is 5.98. The highest BCUT2D eigenvalue weighted by molar-refractivity contribution is 5.77. The molecule has 0 saturated heterocycles. The van der Waals surface area contributed by atoms with Gasteiger partial charge in [-0.2, -0.15) is 0 Å². The molecule has 21 heavy (non-hydrogen) atoms. The molecule has 1 aromatic carbocycles. The van der Waals surface area contributed by atoms with Crippen LogP contribution in [-0.4, -0.2) is 30.0 Å². The van der Waals surface area contributed by atoms with Crippen LogP contribution in [0.5, 0.6) is 5.75 Å². The number of hydrogen-bond acceptors (Lipinski definition) is 5. The van der Waals surface area contributed by atoms with E-state index >= 15 is 0 Å². The summed E-state index contributed by atoms with van der Waals surface area (Å²) in [6, 6.07) is 4.44. The van der Waals surface area contributed by atoms with Crippen LogP contribution < -0.4 is 15.4 Å². The highest BCUT2D eigenvalue weighted by atomic mass is 16.6. The summed E-state index contributed by atoms with van der Waals surface area (Å²) in [5.41, 5.74) is -0.00563. The van der Waals surface area contributed by atoms with Gasteiger partial charge in [-0.05, 0) is 26.8 Å². The van der Waals surface area contributed by atoms with Crippen molar-refractivity contribution in [1.29, 1.82) is 0 Å². The molecule has 0 fully saturated rings. The summed E-state index contributed by atoms with van der Waals surface area (Å²) >= 11 is 0. The molecule has 1 rings (SSSR count). The molecule has 7 heteroatoms. The Labute approximate surface area is 123 Å². The molecule has 0 atom stereocenters. The second-order valence-electron chi connectivity index (χ2n) is 5.62. The fraction of sp³-hybridized carbons (Fsp3) is 0.500. The van der Waals surface area contributed by atoms with Gasteiger partial charge in [0.25, 0.3) is 5.69 Å². The van der Waals surface area contributed by atoms with Gasteiger partial charge in [0, 0.05) is 30.6 Å². The molecule has 2 N–H and O–H groups in total. The molecule has 116 valence electrons. The van der Waals surface area contributed by atoms with E-state index in [1.165, 1.54) is 19.2 Å². The third kappa shape index (κ3) is 5.68. The summed E-state index contributed by atoms with van der Waals surface area (Å²) in [6.07, 6.45) is 0.228. The van der Waals surface area contributed by atoms with Crippen LogP contribution in [0.15, 0.2) is 18.2 Å². The minimum Gasteiger partial charge on any atom is -0.497 e. The zero-order chi connectivity index (χ0) is 16.0. The molecule has 1 amide bonds. The van der Waals surface area contributed by atoms with Gasteiger partial charge < -0.3 is 15.4 Å². The summed E-state index contributed by atoms with van der Waals surface area (Å²) in [5, 5.41) is 16.7. The van der Waals surface area contributed by atoms with E-state index in [2.05, 4.69) is 10.6 Å². The van der Waals surface area contributed by atoms with Gasteiger partial charge >= 0.3 is 0 Å². The number of nitrogens with one attached hydrogen (secondary N) is 2. The van der Waals surface area contributed by atoms with Crippen molar-refractivity contribution in [3.05, 3.63) is 28.3 Å². The molecule has 0 aliphatic heterocycles. The van der Waals surface area contributed by atoms with Crippen molar-refractivity contribution in [3.63, 3.8) is 0 Å². The monoisotopic (exact) mass is 295 g/mol. The van der Waals surface area contributed by atoms with Crippen LogP contribution >= 0.6 is 0 Å². The second kappa shape index (κ2) is 6.92. The van der Waals surface area contributed by atoms with Crippen molar-refractivity contribution in [2.45, 2.75) is 32.7 Å². The van der Waals surface area contributed by atoms with Gasteiger partial charge in [0.05, 0.1) is 12.0 Å². The minimum absolute atomic E-state index is 0.0490. The normalized spacial score (nSPS) is 10.9. The van der Waals surface area contributed by atoms with Crippen molar-refractivity contribution in [1.82, 2.24) is 5.32 Å². The van der Waals surface area contributed by atoms with Crippen molar-refractivity contribution in [2.24, 2.45) is 0 Å². The Morgan fingerprint density at radius 3 is 2.57 bits per heavy atom. The minimum atomic E-state index is -0.475. The largest absolute Gasteiger partial charge is 0.497 e. The number of rotatable bonds is 6. The first kappa shape index (κ1) is 16.7. The zero-order valence-electron chi connectivity index (χ0n) is 12.7. The molecule has 0 aliphatic rings. The zero-order valence-corrected chi connectivity index (χ0v) is 12.7. The van der Waals surface area contributed by atoms with Gasteiger partial charge in [0.2, 0.25) is 5.91 Å². The molecule has 0 heterocycles. The predicted molar refractivity (Wildman–Crippen MR) is 80.7 cm³/mol. The van der Waals surface area contributed by atoms with Gasteiger partial charge in [-0.1, -0.05) is 0 Å². The van der Waals surface area contributed by atoms with Gasteiger partial charge in [-0.25, -0.2) is 0 Å². The average Bonchev–Trinajstić information content (AvgIpc) is 2.36. The van der Waals surface area contributed by atoms with Crippen molar-refractivity contribution in [2.75, 3.05) is 19.0 Å². The molecule has 7 nitrogen and oxygen atoms in total. The third-order valence-corrected chi connectivity index (χ3v) is 2.58. The quantitative estimate of drug-likeness (QED) is 0.620. The first-order valence-electron chi connectivity index (χ1n) is 6.60. The van der Waals surface area contributed by atoms with Crippen LogP contribution in [0.2, 0.25) is 0 Å². The molecule has 0 unspecified atom stereocenters. The Balaban J connectivity index is 2.66. The van der Waals surface area contributed by atoms with Crippen LogP contribution in [0, 0.1) is 10.1 Å². The van der Waals surface area contributed by atoms with E-state index < -0.39 is 4.92 Å². The predicted octanol–water partition coefficient (Wildman–Crippen LogP) is 2.32. The summed E-state index contributed by atoms with van der Waals surface area (Å²) in [7, 11) is 1.49. The standard InChI is InChI=1S/C14H21N3O4/c1-14(2,3)16-13(18)7-8-15-11-9-10(21-4)5-6-12(11)17(19)20/h5-6,9,15H,7-8H2,1-4H3,(H,16,18). The number of carbonyl (C=O) groups excluding carboxylic acids is 1. The van der Waals surface area contributed by atoms with E-state index in [0.29, 0.717) is 18.0 Å². The lowest BCUT2D eigenvalue weighted by atomic mass is 10.1. The maximum absolute atomic E-state index is 11.7. The number of nitrogens with zero attached hydrogens (tertiary/aromatic N) is 1. The molecule has 0 aromatic heterocycles. The SMILES string of the molecule is COc1ccc([N+](=O)[O-])c(NCCC(=O)NC(C)(C)C)c1. The third-order valence-electron chi connectivity index (χ3n) is 2.58. The fourth-order valence-corrected chi connectivity index (χ4v) is 1.73. The number of anilines is 1. The summed E-state index contributed by atoms with van der Waals surface area (Å²) in [4.78, 5) is 22.2. The fourth-order valence-electron chi connectivity index (χ4n) is 1.73. The number of nitro benzene ring substituents is 1. The van der Waals surface area contributed by atoms with E-state index in [1.807, 2.05) is 20.8 Å². The maximum atomic E-state index is 11.7. The van der Waals surface area contributed by atoms with Gasteiger partial charge in [-0.15, -0.1) is 0 Å². The number of nitro groups is 1. The molecular formula is C14H21N3O4. The number of amides is 1. The highest BCUT2D eigenvalue weighted by Crippen LogP contribution is 2.28. The Morgan fingerprint density at radius 1 is 1.38 bits per heavy atom. The van der Waals surface area contributed by atoms with Crippen molar-refractivity contribution < 1.29 is 14.5 Å². The van der Waals surface area contributed by atoms with Crippen LogP contribution in [0.3, 0.4) is 0 Å². The first-order valence-corrected chi connectivity index (χ1v) is 6.60. The molecule has 0 aliphatic carbocycles. The second-order valence-corrected chi connectivity index (χ2v) is 5.62. The van der Waals surface area contributed by atoms with Gasteiger partial charge in [0.1, 0.15) is 11.4 Å². The number of ether oxygens (including phenoxy) is 1. The van der Waals surface area contributed by atoms with Crippen LogP contribution in [0.25, 0.3) is 0 Å². The van der Waals surface area contributed by atoms with E-state index in [0.717, 1.165) is 0 Å². The van der Waals surface area contributed by atoms with Crippen molar-refractivity contribution >= 4 is 17.3 Å². The van der Waals surface area contributed by atoms with E-state index in [1.54, 1.807) is 6.07 Å². The molecule has 0 saturated carbocycles. The number of hydrogen-bond donors (Lipinski definition) is 2. The Hall–Kier alpha value is -2.31. The smallest absolute Gasteiger partial charge is 0.292 e. The van der Waals surface area contributed by atoms with Crippen molar-refractivity contribution in [3.8, 4) is 5.75 Å². The molecule has 1 aromatic rings. The number of benzene rings is 1.